The Kier molecular flexibility index (Phi) is 152. The Hall–Kier alpha value is 3.14. The molecular formula is C3H3O3WY3-. The maximum Gasteiger partial charge on any atom is 2.00 e. The van der Waals surface area contributed by atoms with Crippen molar-refractivity contribution in [2.45, 2.75) is 0 Å². The Balaban J connectivity index is -0.00000000800. The second kappa shape index (κ2) is 40.0. The predicted molar refractivity (Wildman–Crippen MR) is 18.9 cm³/mol. The first-order valence-electron chi connectivity index (χ1n) is 0.816. The third kappa shape index (κ3) is 43.4. The van der Waals surface area contributed by atoms with Crippen LogP contribution in [0, 0.1) is 7.43 Å². The molecule has 0 amide bonds. The minimum Gasteiger partial charge on any atom is -0.783 e. The van der Waals surface area contributed by atoms with Crippen molar-refractivity contribution in [3.8, 4) is 0 Å². The smallest absolute Gasteiger partial charge is 0.783 e. The van der Waals surface area contributed by atoms with Crippen LogP contribution in [-0.4, -0.2) is 12.9 Å². The molecule has 0 saturated carbocycles. The second-order valence-corrected chi connectivity index (χ2v) is 0.269. The Morgan fingerprint density at radius 1 is 0.900 bits per heavy atom. The molecule has 0 rings (SSSR count). The van der Waals surface area contributed by atoms with E-state index in [1.54, 1.807) is 0 Å². The molecule has 49 valence electrons. The Bertz CT molecular complexity index is 48.3. The van der Waals surface area contributed by atoms with Gasteiger partial charge in [-0.25, -0.2) is 0 Å². The molecule has 0 aromatic carbocycles. The van der Waals surface area contributed by atoms with Crippen LogP contribution >= 0.6 is 0 Å². The van der Waals surface area contributed by atoms with Gasteiger partial charge in [0.15, 0.2) is 0 Å². The number of carbonyl (C=O) groups excluding carboxylic acids is 2. The fraction of sp³-hybridized carbons (Fsp3) is 0. The van der Waals surface area contributed by atoms with Crippen molar-refractivity contribution in [1.29, 1.82) is 0 Å². The van der Waals surface area contributed by atoms with Gasteiger partial charge in [0, 0.05) is 98.1 Å². The third-order valence-electron chi connectivity index (χ3n) is 0.0833. The molecule has 0 aromatic rings. The average Bonchev–Trinajstić information content (AvgIpc) is 1.41. The summed E-state index contributed by atoms with van der Waals surface area (Å²) in [5.41, 5.74) is 0. The fourth-order valence-electron chi connectivity index (χ4n) is 0.0170. The van der Waals surface area contributed by atoms with E-state index < -0.39 is 0 Å². The first kappa shape index (κ1) is 38.0. The van der Waals surface area contributed by atoms with Crippen molar-refractivity contribution >= 4 is 12.9 Å². The van der Waals surface area contributed by atoms with Crippen molar-refractivity contribution in [1.82, 2.24) is 0 Å². The topological polar surface area (TPSA) is 43.4 Å². The molecule has 0 saturated heterocycles. The van der Waals surface area contributed by atoms with E-state index in [1.165, 1.54) is 0 Å². The molecule has 0 spiro atoms. The normalized spacial score (nSPS) is 2.80. The van der Waals surface area contributed by atoms with Crippen molar-refractivity contribution in [2.24, 2.45) is 0 Å². The maximum absolute atomic E-state index is 8.80. The van der Waals surface area contributed by atoms with Crippen molar-refractivity contribution in [2.75, 3.05) is 0 Å². The van der Waals surface area contributed by atoms with Gasteiger partial charge in [-0.05, 0) is 0 Å². The van der Waals surface area contributed by atoms with Gasteiger partial charge in [0.05, 0.1) is 0 Å². The second-order valence-electron chi connectivity index (χ2n) is 0.269. The van der Waals surface area contributed by atoms with E-state index in [9.17, 15) is 0 Å². The summed E-state index contributed by atoms with van der Waals surface area (Å²) in [6.07, 6.45) is 0. The maximum atomic E-state index is 8.80. The molecule has 0 fully saturated rings. The zero-order valence-electron chi connectivity index (χ0n) is 5.37. The van der Waals surface area contributed by atoms with E-state index in [-0.39, 0.29) is 127 Å². The molecule has 3 nitrogen and oxygen atoms in total. The van der Waals surface area contributed by atoms with Crippen LogP contribution < -0.4 is 0 Å². The zero-order chi connectivity index (χ0) is 4.12. The van der Waals surface area contributed by atoms with E-state index in [1.807, 2.05) is 0 Å². The third-order valence-corrected chi connectivity index (χ3v) is 0.0833. The molecule has 0 unspecified atom stereocenters. The summed E-state index contributed by atoms with van der Waals surface area (Å²) < 4.78 is 3.22. The van der Waals surface area contributed by atoms with Gasteiger partial charge in [-0.15, -0.1) is 12.9 Å². The summed E-state index contributed by atoms with van der Waals surface area (Å²) in [4.78, 5) is 17.6. The van der Waals surface area contributed by atoms with Crippen LogP contribution in [0.25, 0.3) is 0 Å². The van der Waals surface area contributed by atoms with Gasteiger partial charge in [0.1, 0.15) is 0 Å². The Morgan fingerprint density at radius 3 is 1.10 bits per heavy atom. The summed E-state index contributed by atoms with van der Waals surface area (Å²) in [5, 5.41) is 0. The van der Waals surface area contributed by atoms with Crippen LogP contribution in [0.15, 0.2) is 0 Å². The molecular weight excluding hydrogens is 535 g/mol. The summed E-state index contributed by atoms with van der Waals surface area (Å²) in [5.74, 6) is 0. The summed E-state index contributed by atoms with van der Waals surface area (Å²) in [6, 6.07) is 0. The monoisotopic (exact) mass is 538 g/mol. The first-order chi connectivity index (χ1) is 2.41. The van der Waals surface area contributed by atoms with Crippen LogP contribution in [0.5, 0.6) is 0 Å². The molecule has 0 aliphatic carbocycles. The zero-order valence-corrected chi connectivity index (χ0v) is 16.8. The van der Waals surface area contributed by atoms with Gasteiger partial charge < -0.3 is 21.8 Å². The summed E-state index contributed by atoms with van der Waals surface area (Å²) in [7, 11) is 0. The number of ether oxygens (including phenoxy) is 1. The molecule has 0 atom stereocenters. The van der Waals surface area contributed by atoms with Crippen LogP contribution in [0.2, 0.25) is 0 Å². The molecule has 0 N–H and O–H groups in total. The standard InChI is InChI=1S/C2O3.CH3.W.3Y/c3-1-5-2-4;;;;;/h;1H3;;;;/q-2;-1;+2;;;. The SMILES string of the molecule is O=[C-]O[C-]=O.[CH3-].[W+2].[Y].[Y].[Y]. The Labute approximate surface area is 150 Å². The van der Waals surface area contributed by atoms with Gasteiger partial charge in [-0.2, -0.15) is 0 Å². The first-order valence-corrected chi connectivity index (χ1v) is 0.816. The summed E-state index contributed by atoms with van der Waals surface area (Å²) >= 11 is 0. The fourth-order valence-corrected chi connectivity index (χ4v) is 0.0170. The van der Waals surface area contributed by atoms with Crippen LogP contribution in [0.1, 0.15) is 0 Å². The molecule has 0 heterocycles. The van der Waals surface area contributed by atoms with Crippen molar-refractivity contribution in [3.05, 3.63) is 7.43 Å². The van der Waals surface area contributed by atoms with Crippen molar-refractivity contribution in [3.63, 3.8) is 0 Å². The van der Waals surface area contributed by atoms with Gasteiger partial charge in [0.25, 0.3) is 0 Å². The molecule has 0 aromatic heterocycles. The largest absolute Gasteiger partial charge is 2.00 e. The number of hydrogen-bond acceptors (Lipinski definition) is 3. The van der Waals surface area contributed by atoms with Gasteiger partial charge in [-0.3, -0.25) is 0 Å². The van der Waals surface area contributed by atoms with E-state index >= 15 is 0 Å². The van der Waals surface area contributed by atoms with Gasteiger partial charge >= 0.3 is 21.1 Å². The van der Waals surface area contributed by atoms with Crippen LogP contribution in [0.4, 0.5) is 0 Å². The van der Waals surface area contributed by atoms with Crippen molar-refractivity contribution < 1.29 is 134 Å². The van der Waals surface area contributed by atoms with E-state index in [4.69, 9.17) is 9.59 Å². The minimum atomic E-state index is 0. The average molecular weight is 538 g/mol. The van der Waals surface area contributed by atoms with Gasteiger partial charge in [-0.1, -0.05) is 0 Å². The quantitative estimate of drug-likeness (QED) is 0.355. The van der Waals surface area contributed by atoms with Gasteiger partial charge in [0.2, 0.25) is 0 Å². The van der Waals surface area contributed by atoms with E-state index in [2.05, 4.69) is 4.74 Å². The van der Waals surface area contributed by atoms with Crippen LogP contribution in [0.3, 0.4) is 0 Å². The molecule has 0 bridgehead atoms. The minimum absolute atomic E-state index is 0. The molecule has 10 heavy (non-hydrogen) atoms. The molecule has 0 aliphatic rings. The molecule has 3 radical (unpaired) electrons. The number of rotatable bonds is 2. The van der Waals surface area contributed by atoms with E-state index in [0.717, 1.165) is 12.9 Å². The molecule has 0 aliphatic heterocycles. The Morgan fingerprint density at radius 2 is 1.10 bits per heavy atom. The number of hydrogen-bond donors (Lipinski definition) is 0. The van der Waals surface area contributed by atoms with Crippen LogP contribution in [-0.2, 0) is 134 Å². The van der Waals surface area contributed by atoms with E-state index in [0.29, 0.717) is 0 Å². The molecule has 7 heteroatoms. The summed E-state index contributed by atoms with van der Waals surface area (Å²) in [6.45, 7) is 1.69. The predicted octanol–water partition coefficient (Wildman–Crippen LogP) is -0.422.